The highest BCUT2D eigenvalue weighted by Crippen LogP contribution is 2.18. The largest absolute Gasteiger partial charge is 0.494 e. The molecule has 1 aliphatic heterocycles. The van der Waals surface area contributed by atoms with Crippen molar-refractivity contribution < 1.29 is 23.8 Å². The minimum atomic E-state index is -0.697. The van der Waals surface area contributed by atoms with Crippen LogP contribution >= 0.6 is 0 Å². The summed E-state index contributed by atoms with van der Waals surface area (Å²) in [5.74, 6) is 1.19. The number of carbonyl (C=O) groups excluding carboxylic acids is 2. The number of esters is 1. The lowest BCUT2D eigenvalue weighted by Gasteiger charge is -2.26. The molecule has 1 fully saturated rings. The van der Waals surface area contributed by atoms with Crippen molar-refractivity contribution >= 4 is 18.0 Å². The number of aromatic nitrogens is 3. The van der Waals surface area contributed by atoms with Gasteiger partial charge in [0, 0.05) is 20.1 Å². The summed E-state index contributed by atoms with van der Waals surface area (Å²) in [6.07, 6.45) is 3.99. The molecule has 2 N–H and O–H groups in total. The van der Waals surface area contributed by atoms with Gasteiger partial charge in [0.15, 0.2) is 12.4 Å². The number of aryl methyl sites for hydroxylation is 1. The second-order valence-corrected chi connectivity index (χ2v) is 9.66. The molecule has 0 radical (unpaired) electrons. The number of benzene rings is 2. The molecule has 4 rings (SSSR count). The summed E-state index contributed by atoms with van der Waals surface area (Å²) < 4.78 is 17.8. The SMILES string of the molecule is Cn1nc(COC(=O)CNC(=O)OCc2ccccc2)nc1NCCCOc1cccc(CN2CCCCC2)c1. The maximum Gasteiger partial charge on any atom is 0.407 e. The molecule has 214 valence electrons. The quantitative estimate of drug-likeness (QED) is 0.229. The van der Waals surface area contributed by atoms with Crippen LogP contribution in [-0.4, -0.2) is 64.5 Å². The summed E-state index contributed by atoms with van der Waals surface area (Å²) >= 11 is 0. The monoisotopic (exact) mass is 550 g/mol. The third-order valence-electron chi connectivity index (χ3n) is 6.39. The Labute approximate surface area is 234 Å². The van der Waals surface area contributed by atoms with Gasteiger partial charge in [-0.25, -0.2) is 9.48 Å². The van der Waals surface area contributed by atoms with E-state index < -0.39 is 12.1 Å². The first-order chi connectivity index (χ1) is 19.5. The fourth-order valence-electron chi connectivity index (χ4n) is 4.34. The molecule has 2 heterocycles. The van der Waals surface area contributed by atoms with E-state index in [9.17, 15) is 9.59 Å². The molecule has 11 nitrogen and oxygen atoms in total. The van der Waals surface area contributed by atoms with Gasteiger partial charge in [-0.2, -0.15) is 10.1 Å². The molecule has 0 atom stereocenters. The number of nitrogens with one attached hydrogen (secondary N) is 2. The number of anilines is 1. The predicted molar refractivity (Wildman–Crippen MR) is 150 cm³/mol. The summed E-state index contributed by atoms with van der Waals surface area (Å²) in [7, 11) is 1.76. The summed E-state index contributed by atoms with van der Waals surface area (Å²) in [4.78, 5) is 30.6. The van der Waals surface area contributed by atoms with Crippen LogP contribution in [0.3, 0.4) is 0 Å². The number of nitrogens with zero attached hydrogens (tertiary/aromatic N) is 4. The zero-order valence-corrected chi connectivity index (χ0v) is 23.0. The highest BCUT2D eigenvalue weighted by molar-refractivity contribution is 5.77. The van der Waals surface area contributed by atoms with Crippen LogP contribution in [0.2, 0.25) is 0 Å². The van der Waals surface area contributed by atoms with Crippen molar-refractivity contribution in [2.75, 3.05) is 38.1 Å². The fraction of sp³-hybridized carbons (Fsp3) is 0.448. The Balaban J connectivity index is 1.09. The van der Waals surface area contributed by atoms with Crippen LogP contribution in [0, 0.1) is 0 Å². The number of likely N-dealkylation sites (tertiary alicyclic amines) is 1. The van der Waals surface area contributed by atoms with E-state index in [-0.39, 0.29) is 19.8 Å². The number of rotatable bonds is 14. The van der Waals surface area contributed by atoms with Crippen LogP contribution in [0.4, 0.5) is 10.7 Å². The maximum atomic E-state index is 12.0. The van der Waals surface area contributed by atoms with Crippen LogP contribution in [0.15, 0.2) is 54.6 Å². The van der Waals surface area contributed by atoms with Gasteiger partial charge in [0.25, 0.3) is 0 Å². The van der Waals surface area contributed by atoms with E-state index in [2.05, 4.69) is 43.8 Å². The second-order valence-electron chi connectivity index (χ2n) is 9.66. The molecule has 1 saturated heterocycles. The molecular weight excluding hydrogens is 512 g/mol. The van der Waals surface area contributed by atoms with Gasteiger partial charge in [0.1, 0.15) is 18.9 Å². The van der Waals surface area contributed by atoms with E-state index >= 15 is 0 Å². The Bertz CT molecular complexity index is 1210. The van der Waals surface area contributed by atoms with Crippen molar-refractivity contribution in [3.8, 4) is 5.75 Å². The Morgan fingerprint density at radius 1 is 0.950 bits per heavy atom. The molecule has 0 aliphatic carbocycles. The van der Waals surface area contributed by atoms with Crippen molar-refractivity contribution in [3.05, 3.63) is 71.5 Å². The highest BCUT2D eigenvalue weighted by atomic mass is 16.6. The zero-order chi connectivity index (χ0) is 28.0. The van der Waals surface area contributed by atoms with Gasteiger partial charge >= 0.3 is 12.1 Å². The second kappa shape index (κ2) is 15.5. The van der Waals surface area contributed by atoms with Crippen LogP contribution < -0.4 is 15.4 Å². The number of carbonyl (C=O) groups is 2. The summed E-state index contributed by atoms with van der Waals surface area (Å²) in [6.45, 7) is 4.24. The lowest BCUT2D eigenvalue weighted by Crippen LogP contribution is -2.31. The molecule has 1 aliphatic rings. The van der Waals surface area contributed by atoms with Gasteiger partial charge < -0.3 is 24.8 Å². The minimum absolute atomic E-state index is 0.105. The van der Waals surface area contributed by atoms with Gasteiger partial charge in [-0.05, 0) is 55.6 Å². The fourth-order valence-corrected chi connectivity index (χ4v) is 4.34. The summed E-state index contributed by atoms with van der Waals surface area (Å²) in [5, 5.41) is 9.86. The first-order valence-electron chi connectivity index (χ1n) is 13.7. The van der Waals surface area contributed by atoms with Gasteiger partial charge in [0.05, 0.1) is 6.61 Å². The van der Waals surface area contributed by atoms with E-state index in [0.717, 1.165) is 24.3 Å². The van der Waals surface area contributed by atoms with Crippen LogP contribution in [-0.2, 0) is 41.1 Å². The maximum absolute atomic E-state index is 12.0. The highest BCUT2D eigenvalue weighted by Gasteiger charge is 2.13. The zero-order valence-electron chi connectivity index (χ0n) is 23.0. The Morgan fingerprint density at radius 2 is 1.75 bits per heavy atom. The van der Waals surface area contributed by atoms with Crippen LogP contribution in [0.25, 0.3) is 0 Å². The van der Waals surface area contributed by atoms with E-state index in [1.807, 2.05) is 36.4 Å². The summed E-state index contributed by atoms with van der Waals surface area (Å²) in [5.41, 5.74) is 2.13. The van der Waals surface area contributed by atoms with Gasteiger partial charge in [-0.15, -0.1) is 0 Å². The number of ether oxygens (including phenoxy) is 3. The normalized spacial score (nSPS) is 13.4. The van der Waals surface area contributed by atoms with Crippen LogP contribution in [0.5, 0.6) is 5.75 Å². The average Bonchev–Trinajstić information content (AvgIpc) is 3.34. The van der Waals surface area contributed by atoms with E-state index in [1.54, 1.807) is 11.7 Å². The molecule has 3 aromatic rings. The minimum Gasteiger partial charge on any atom is -0.494 e. The Hall–Kier alpha value is -4.12. The van der Waals surface area contributed by atoms with Gasteiger partial charge in [-0.1, -0.05) is 48.9 Å². The topological polar surface area (TPSA) is 120 Å². The van der Waals surface area contributed by atoms with E-state index in [4.69, 9.17) is 14.2 Å². The first-order valence-corrected chi connectivity index (χ1v) is 13.7. The van der Waals surface area contributed by atoms with Crippen molar-refractivity contribution in [1.82, 2.24) is 25.0 Å². The predicted octanol–water partition coefficient (Wildman–Crippen LogP) is 3.65. The third kappa shape index (κ3) is 9.88. The molecular formula is C29H38N6O5. The number of alkyl carbamates (subject to hydrolysis) is 1. The molecule has 1 amide bonds. The molecule has 0 saturated carbocycles. The van der Waals surface area contributed by atoms with Crippen molar-refractivity contribution in [1.29, 1.82) is 0 Å². The number of piperidine rings is 1. The van der Waals surface area contributed by atoms with E-state index in [0.29, 0.717) is 24.9 Å². The lowest BCUT2D eigenvalue weighted by atomic mass is 10.1. The van der Waals surface area contributed by atoms with Crippen molar-refractivity contribution in [2.24, 2.45) is 7.05 Å². The van der Waals surface area contributed by atoms with Crippen molar-refractivity contribution in [3.63, 3.8) is 0 Å². The molecule has 2 aromatic carbocycles. The molecule has 0 bridgehead atoms. The van der Waals surface area contributed by atoms with Gasteiger partial charge in [-0.3, -0.25) is 9.69 Å². The molecule has 11 heteroatoms. The number of amides is 1. The lowest BCUT2D eigenvalue weighted by molar-refractivity contribution is -0.144. The van der Waals surface area contributed by atoms with E-state index in [1.165, 1.54) is 37.9 Å². The third-order valence-corrected chi connectivity index (χ3v) is 6.39. The first kappa shape index (κ1) is 28.9. The average molecular weight is 551 g/mol. The molecule has 0 spiro atoms. The molecule has 1 aromatic heterocycles. The molecule has 0 unspecified atom stereocenters. The van der Waals surface area contributed by atoms with Gasteiger partial charge in [0.2, 0.25) is 5.95 Å². The number of hydrogen-bond donors (Lipinski definition) is 2. The molecule has 40 heavy (non-hydrogen) atoms. The number of hydrogen-bond acceptors (Lipinski definition) is 9. The Morgan fingerprint density at radius 3 is 2.58 bits per heavy atom. The standard InChI is InChI=1S/C29H38N6O5/c1-34-28(30-14-9-17-38-25-13-8-12-24(18-25)20-35-15-6-3-7-16-35)32-26(33-34)22-39-27(36)19-31-29(37)40-21-23-10-4-2-5-11-23/h2,4-5,8,10-13,18H,3,6-7,9,14-17,19-22H2,1H3,(H,31,37)(H,30,32,33). The van der Waals surface area contributed by atoms with Crippen molar-refractivity contribution in [2.45, 2.75) is 45.4 Å². The Kier molecular flexibility index (Phi) is 11.2. The summed E-state index contributed by atoms with van der Waals surface area (Å²) in [6, 6.07) is 17.6. The smallest absolute Gasteiger partial charge is 0.407 e. The van der Waals surface area contributed by atoms with Crippen LogP contribution in [0.1, 0.15) is 42.6 Å².